The van der Waals surface area contributed by atoms with E-state index < -0.39 is 0 Å². The summed E-state index contributed by atoms with van der Waals surface area (Å²) in [6.07, 6.45) is 7.36. The van der Waals surface area contributed by atoms with Crippen molar-refractivity contribution < 1.29 is 4.79 Å². The molecule has 24 heavy (non-hydrogen) atoms. The van der Waals surface area contributed by atoms with Gasteiger partial charge in [-0.15, -0.1) is 0 Å². The van der Waals surface area contributed by atoms with Crippen LogP contribution in [0.4, 0.5) is 11.5 Å². The van der Waals surface area contributed by atoms with Gasteiger partial charge in [0.1, 0.15) is 5.82 Å². The predicted octanol–water partition coefficient (Wildman–Crippen LogP) is 3.79. The molecule has 1 atom stereocenters. The molecule has 126 valence electrons. The molecular weight excluding hydrogens is 300 g/mol. The van der Waals surface area contributed by atoms with Crippen molar-refractivity contribution in [3.8, 4) is 11.1 Å². The van der Waals surface area contributed by atoms with Gasteiger partial charge >= 0.3 is 0 Å². The second-order valence-electron chi connectivity index (χ2n) is 6.48. The summed E-state index contributed by atoms with van der Waals surface area (Å²) in [5.41, 5.74) is 4.32. The Hall–Kier alpha value is -2.43. The van der Waals surface area contributed by atoms with Gasteiger partial charge in [-0.3, -0.25) is 9.78 Å². The van der Waals surface area contributed by atoms with Crippen LogP contribution in [0, 0.1) is 6.92 Å². The minimum atomic E-state index is -0.121. The standard InChI is InChI=1S/C19H24N4O/c1-13-6-4-5-9-23(13)18-10-17(12-21-14(18)2)16-7-8-20-19(11-16)22-15(3)24/h7-8,10-13H,4-6,9H2,1-3H3,(H,20,22,24). The molecule has 0 aliphatic carbocycles. The van der Waals surface area contributed by atoms with Crippen molar-refractivity contribution in [3.05, 3.63) is 36.3 Å². The van der Waals surface area contributed by atoms with Crippen LogP contribution in [-0.2, 0) is 4.79 Å². The zero-order valence-corrected chi connectivity index (χ0v) is 14.5. The molecule has 1 saturated heterocycles. The van der Waals surface area contributed by atoms with Gasteiger partial charge in [-0.1, -0.05) is 0 Å². The van der Waals surface area contributed by atoms with Gasteiger partial charge < -0.3 is 10.2 Å². The topological polar surface area (TPSA) is 58.1 Å². The van der Waals surface area contributed by atoms with E-state index in [0.29, 0.717) is 11.9 Å². The first-order chi connectivity index (χ1) is 11.5. The van der Waals surface area contributed by atoms with Gasteiger partial charge in [-0.25, -0.2) is 4.98 Å². The number of nitrogens with one attached hydrogen (secondary N) is 1. The molecule has 2 aromatic rings. The fraction of sp³-hybridized carbons (Fsp3) is 0.421. The molecule has 2 aromatic heterocycles. The van der Waals surface area contributed by atoms with Crippen molar-refractivity contribution in [2.24, 2.45) is 0 Å². The van der Waals surface area contributed by atoms with Crippen molar-refractivity contribution in [1.29, 1.82) is 0 Å². The summed E-state index contributed by atoms with van der Waals surface area (Å²) in [5, 5.41) is 2.73. The average molecular weight is 324 g/mol. The number of aromatic nitrogens is 2. The van der Waals surface area contributed by atoms with E-state index in [1.54, 1.807) is 6.20 Å². The number of pyridine rings is 2. The fourth-order valence-corrected chi connectivity index (χ4v) is 3.28. The van der Waals surface area contributed by atoms with Crippen LogP contribution in [0.5, 0.6) is 0 Å². The second kappa shape index (κ2) is 6.99. The van der Waals surface area contributed by atoms with Crippen molar-refractivity contribution >= 4 is 17.4 Å². The number of carbonyl (C=O) groups is 1. The number of aryl methyl sites for hydroxylation is 1. The van der Waals surface area contributed by atoms with Gasteiger partial charge in [0.15, 0.2) is 0 Å². The zero-order chi connectivity index (χ0) is 17.1. The molecule has 5 heteroatoms. The number of amides is 1. The lowest BCUT2D eigenvalue weighted by atomic mass is 10.0. The molecule has 1 fully saturated rings. The van der Waals surface area contributed by atoms with Crippen molar-refractivity contribution in [1.82, 2.24) is 9.97 Å². The normalized spacial score (nSPS) is 17.6. The highest BCUT2D eigenvalue weighted by atomic mass is 16.1. The Bertz CT molecular complexity index is 744. The summed E-state index contributed by atoms with van der Waals surface area (Å²) in [6.45, 7) is 6.92. The molecular formula is C19H24N4O. The molecule has 0 bridgehead atoms. The molecule has 1 amide bonds. The monoisotopic (exact) mass is 324 g/mol. The molecule has 1 aliphatic heterocycles. The quantitative estimate of drug-likeness (QED) is 0.933. The van der Waals surface area contributed by atoms with Gasteiger partial charge in [-0.2, -0.15) is 0 Å². The maximum atomic E-state index is 11.2. The average Bonchev–Trinajstić information content (AvgIpc) is 2.56. The van der Waals surface area contributed by atoms with Gasteiger partial charge in [0, 0.05) is 37.5 Å². The third-order valence-corrected chi connectivity index (χ3v) is 4.57. The minimum absolute atomic E-state index is 0.121. The SMILES string of the molecule is CC(=O)Nc1cc(-c2cnc(C)c(N3CCCCC3C)c2)ccn1. The first-order valence-corrected chi connectivity index (χ1v) is 8.52. The third-order valence-electron chi connectivity index (χ3n) is 4.57. The van der Waals surface area contributed by atoms with Gasteiger partial charge in [0.05, 0.1) is 11.4 Å². The number of rotatable bonds is 3. The van der Waals surface area contributed by atoms with E-state index in [4.69, 9.17) is 0 Å². The number of piperidine rings is 1. The van der Waals surface area contributed by atoms with E-state index in [1.807, 2.05) is 18.3 Å². The molecule has 1 N–H and O–H groups in total. The molecule has 1 aliphatic rings. The van der Waals surface area contributed by atoms with Crippen LogP contribution in [0.25, 0.3) is 11.1 Å². The Morgan fingerprint density at radius 1 is 1.25 bits per heavy atom. The third kappa shape index (κ3) is 3.55. The van der Waals surface area contributed by atoms with Gasteiger partial charge in [0.2, 0.25) is 5.91 Å². The summed E-state index contributed by atoms with van der Waals surface area (Å²) in [6, 6.07) is 6.58. The van der Waals surface area contributed by atoms with E-state index in [2.05, 4.69) is 40.1 Å². The Kier molecular flexibility index (Phi) is 4.79. The maximum absolute atomic E-state index is 11.2. The Labute approximate surface area is 143 Å². The summed E-state index contributed by atoms with van der Waals surface area (Å²) < 4.78 is 0. The summed E-state index contributed by atoms with van der Waals surface area (Å²) in [4.78, 5) is 22.5. The predicted molar refractivity (Wildman–Crippen MR) is 97.2 cm³/mol. The van der Waals surface area contributed by atoms with E-state index in [1.165, 1.54) is 31.9 Å². The summed E-state index contributed by atoms with van der Waals surface area (Å²) in [7, 11) is 0. The van der Waals surface area contributed by atoms with Crippen molar-refractivity contribution in [3.63, 3.8) is 0 Å². The highest BCUT2D eigenvalue weighted by molar-refractivity contribution is 5.88. The van der Waals surface area contributed by atoms with Crippen LogP contribution in [0.15, 0.2) is 30.6 Å². The first-order valence-electron chi connectivity index (χ1n) is 8.52. The number of hydrogen-bond donors (Lipinski definition) is 1. The molecule has 3 heterocycles. The molecule has 5 nitrogen and oxygen atoms in total. The molecule has 0 radical (unpaired) electrons. The van der Waals surface area contributed by atoms with Crippen molar-refractivity contribution in [2.75, 3.05) is 16.8 Å². The fourth-order valence-electron chi connectivity index (χ4n) is 3.28. The highest BCUT2D eigenvalue weighted by Crippen LogP contribution is 2.31. The Balaban J connectivity index is 1.95. The van der Waals surface area contributed by atoms with Gasteiger partial charge in [0.25, 0.3) is 0 Å². The zero-order valence-electron chi connectivity index (χ0n) is 14.5. The number of hydrogen-bond acceptors (Lipinski definition) is 4. The van der Waals surface area contributed by atoms with E-state index in [9.17, 15) is 4.79 Å². The lowest BCUT2D eigenvalue weighted by Crippen LogP contribution is -2.38. The lowest BCUT2D eigenvalue weighted by molar-refractivity contribution is -0.114. The maximum Gasteiger partial charge on any atom is 0.222 e. The van der Waals surface area contributed by atoms with Crippen LogP contribution in [0.1, 0.15) is 38.8 Å². The van der Waals surface area contributed by atoms with Gasteiger partial charge in [-0.05, 0) is 56.9 Å². The smallest absolute Gasteiger partial charge is 0.222 e. The van der Waals surface area contributed by atoms with Crippen LogP contribution in [0.3, 0.4) is 0 Å². The molecule has 0 aromatic carbocycles. The molecule has 0 saturated carbocycles. The Morgan fingerprint density at radius 2 is 2.08 bits per heavy atom. The summed E-state index contributed by atoms with van der Waals surface area (Å²) >= 11 is 0. The molecule has 0 spiro atoms. The number of anilines is 2. The van der Waals surface area contributed by atoms with E-state index in [0.717, 1.165) is 23.4 Å². The molecule has 3 rings (SSSR count). The second-order valence-corrected chi connectivity index (χ2v) is 6.48. The first kappa shape index (κ1) is 16.4. The Morgan fingerprint density at radius 3 is 2.83 bits per heavy atom. The summed E-state index contributed by atoms with van der Waals surface area (Å²) in [5.74, 6) is 0.443. The molecule has 1 unspecified atom stereocenters. The number of nitrogens with zero attached hydrogens (tertiary/aromatic N) is 3. The minimum Gasteiger partial charge on any atom is -0.367 e. The van der Waals surface area contributed by atoms with Crippen LogP contribution < -0.4 is 10.2 Å². The van der Waals surface area contributed by atoms with Crippen LogP contribution >= 0.6 is 0 Å². The van der Waals surface area contributed by atoms with E-state index >= 15 is 0 Å². The van der Waals surface area contributed by atoms with Crippen molar-refractivity contribution in [2.45, 2.75) is 46.1 Å². The lowest BCUT2D eigenvalue weighted by Gasteiger charge is -2.36. The van der Waals surface area contributed by atoms with E-state index in [-0.39, 0.29) is 5.91 Å². The highest BCUT2D eigenvalue weighted by Gasteiger charge is 2.21. The van der Waals surface area contributed by atoms with Crippen LogP contribution in [-0.4, -0.2) is 28.5 Å². The van der Waals surface area contributed by atoms with Crippen LogP contribution in [0.2, 0.25) is 0 Å². The largest absolute Gasteiger partial charge is 0.367 e. The number of carbonyl (C=O) groups excluding carboxylic acids is 1.